The third-order valence-corrected chi connectivity index (χ3v) is 2.07. The van der Waals surface area contributed by atoms with Crippen molar-refractivity contribution in [3.05, 3.63) is 28.0 Å². The molecule has 10 nitrogen and oxygen atoms in total. The maximum atomic E-state index is 11.6. The zero-order valence-electron chi connectivity index (χ0n) is 11.8. The molecule has 22 heavy (non-hydrogen) atoms. The van der Waals surface area contributed by atoms with E-state index in [1.165, 1.54) is 6.07 Å². The molecule has 0 unspecified atom stereocenters. The van der Waals surface area contributed by atoms with Crippen molar-refractivity contribution in [1.29, 1.82) is 0 Å². The fourth-order valence-corrected chi connectivity index (χ4v) is 1.22. The molecule has 0 aliphatic carbocycles. The molecular formula is C12H13N3O7. The number of ether oxygens (including phenoxy) is 2. The van der Waals surface area contributed by atoms with Crippen LogP contribution in [-0.4, -0.2) is 42.0 Å². The number of hydrogen-bond donors (Lipinski definition) is 0. The Morgan fingerprint density at radius 2 is 1.86 bits per heavy atom. The first-order valence-corrected chi connectivity index (χ1v) is 6.19. The SMILES string of the molecule is CCOC(=O)C(=N/N=C/c1ccc([N+](=O)[O-])o1)C(=O)OCC. The Morgan fingerprint density at radius 3 is 2.32 bits per heavy atom. The van der Waals surface area contributed by atoms with Gasteiger partial charge >= 0.3 is 17.8 Å². The van der Waals surface area contributed by atoms with Crippen molar-refractivity contribution < 1.29 is 28.4 Å². The van der Waals surface area contributed by atoms with E-state index in [1.54, 1.807) is 13.8 Å². The van der Waals surface area contributed by atoms with Gasteiger partial charge < -0.3 is 13.9 Å². The van der Waals surface area contributed by atoms with Gasteiger partial charge in [-0.25, -0.2) is 9.59 Å². The molecule has 1 rings (SSSR count). The van der Waals surface area contributed by atoms with E-state index in [0.717, 1.165) is 12.3 Å². The summed E-state index contributed by atoms with van der Waals surface area (Å²) >= 11 is 0. The van der Waals surface area contributed by atoms with E-state index in [4.69, 9.17) is 4.42 Å². The average Bonchev–Trinajstić information content (AvgIpc) is 2.93. The summed E-state index contributed by atoms with van der Waals surface area (Å²) in [6.07, 6.45) is 1.01. The smallest absolute Gasteiger partial charge is 0.433 e. The second-order valence-electron chi connectivity index (χ2n) is 3.57. The second-order valence-corrected chi connectivity index (χ2v) is 3.57. The third-order valence-electron chi connectivity index (χ3n) is 2.07. The van der Waals surface area contributed by atoms with E-state index >= 15 is 0 Å². The highest BCUT2D eigenvalue weighted by Crippen LogP contribution is 2.13. The summed E-state index contributed by atoms with van der Waals surface area (Å²) in [5.41, 5.74) is -0.638. The summed E-state index contributed by atoms with van der Waals surface area (Å²) in [5.74, 6) is -2.41. The van der Waals surface area contributed by atoms with Crippen LogP contribution in [0.15, 0.2) is 26.8 Å². The fraction of sp³-hybridized carbons (Fsp3) is 0.333. The Hall–Kier alpha value is -3.04. The van der Waals surface area contributed by atoms with Gasteiger partial charge in [-0.1, -0.05) is 0 Å². The van der Waals surface area contributed by atoms with E-state index < -0.39 is 28.5 Å². The number of nitrogens with zero attached hydrogens (tertiary/aromatic N) is 3. The molecule has 1 heterocycles. The Balaban J connectivity index is 2.90. The summed E-state index contributed by atoms with van der Waals surface area (Å²) < 4.78 is 14.1. The summed E-state index contributed by atoms with van der Waals surface area (Å²) in [6, 6.07) is 2.41. The van der Waals surface area contributed by atoms with Crippen LogP contribution >= 0.6 is 0 Å². The van der Waals surface area contributed by atoms with Gasteiger partial charge in [-0.3, -0.25) is 10.1 Å². The predicted molar refractivity (Wildman–Crippen MR) is 73.7 cm³/mol. The van der Waals surface area contributed by atoms with Gasteiger partial charge in [0.25, 0.3) is 5.71 Å². The molecule has 0 saturated carbocycles. The van der Waals surface area contributed by atoms with Crippen molar-refractivity contribution in [1.82, 2.24) is 0 Å². The summed E-state index contributed by atoms with van der Waals surface area (Å²) in [7, 11) is 0. The lowest BCUT2D eigenvalue weighted by atomic mass is 10.4. The molecule has 118 valence electrons. The molecule has 0 amide bonds. The van der Waals surface area contributed by atoms with Crippen molar-refractivity contribution >= 4 is 29.7 Å². The lowest BCUT2D eigenvalue weighted by Gasteiger charge is -2.03. The first kappa shape index (κ1) is 17.0. The highest BCUT2D eigenvalue weighted by Gasteiger charge is 2.23. The Bertz CT molecular complexity index is 598. The number of carbonyl (C=O) groups excluding carboxylic acids is 2. The largest absolute Gasteiger partial charge is 0.461 e. The van der Waals surface area contributed by atoms with Crippen LogP contribution < -0.4 is 0 Å². The highest BCUT2D eigenvalue weighted by molar-refractivity contribution is 6.62. The summed E-state index contributed by atoms with van der Waals surface area (Å²) in [4.78, 5) is 32.8. The predicted octanol–water partition coefficient (Wildman–Crippen LogP) is 1.09. The topological polar surface area (TPSA) is 134 Å². The van der Waals surface area contributed by atoms with Crippen molar-refractivity contribution in [2.24, 2.45) is 10.2 Å². The van der Waals surface area contributed by atoms with Crippen molar-refractivity contribution in [2.45, 2.75) is 13.8 Å². The van der Waals surface area contributed by atoms with Gasteiger partial charge in [0.2, 0.25) is 0 Å². The van der Waals surface area contributed by atoms with Crippen LogP contribution in [0.5, 0.6) is 0 Å². The van der Waals surface area contributed by atoms with Crippen LogP contribution in [0.2, 0.25) is 0 Å². The molecule has 0 radical (unpaired) electrons. The molecular weight excluding hydrogens is 298 g/mol. The maximum absolute atomic E-state index is 11.6. The number of esters is 2. The van der Waals surface area contributed by atoms with Gasteiger partial charge in [-0.2, -0.15) is 5.10 Å². The summed E-state index contributed by atoms with van der Waals surface area (Å²) in [5, 5.41) is 17.3. The molecule has 0 bridgehead atoms. The van der Waals surface area contributed by atoms with E-state index in [1.807, 2.05) is 0 Å². The minimum Gasteiger partial charge on any atom is -0.461 e. The lowest BCUT2D eigenvalue weighted by Crippen LogP contribution is -2.28. The monoisotopic (exact) mass is 311 g/mol. The molecule has 1 aromatic heterocycles. The zero-order valence-corrected chi connectivity index (χ0v) is 11.8. The molecule has 0 N–H and O–H groups in total. The van der Waals surface area contributed by atoms with Gasteiger partial charge in [-0.05, 0) is 19.9 Å². The number of rotatable bonds is 7. The van der Waals surface area contributed by atoms with E-state index in [9.17, 15) is 19.7 Å². The highest BCUT2D eigenvalue weighted by atomic mass is 16.6. The molecule has 0 fully saturated rings. The van der Waals surface area contributed by atoms with Crippen LogP contribution in [0.1, 0.15) is 19.6 Å². The van der Waals surface area contributed by atoms with Crippen molar-refractivity contribution in [3.8, 4) is 0 Å². The van der Waals surface area contributed by atoms with Crippen LogP contribution in [0.25, 0.3) is 0 Å². The molecule has 1 aromatic rings. The number of furan rings is 1. The molecule has 10 heteroatoms. The van der Waals surface area contributed by atoms with Gasteiger partial charge in [0.1, 0.15) is 4.92 Å². The van der Waals surface area contributed by atoms with E-state index in [-0.39, 0.29) is 19.0 Å². The number of hydrogen-bond acceptors (Lipinski definition) is 9. The lowest BCUT2D eigenvalue weighted by molar-refractivity contribution is -0.402. The quantitative estimate of drug-likeness (QED) is 0.242. The second kappa shape index (κ2) is 8.29. The normalized spacial score (nSPS) is 10.3. The molecule has 0 atom stereocenters. The first-order chi connectivity index (χ1) is 10.5. The van der Waals surface area contributed by atoms with Gasteiger partial charge in [0.15, 0.2) is 5.76 Å². The number of nitro groups is 1. The standard InChI is InChI=1S/C12H13N3O7/c1-3-20-11(16)10(12(17)21-4-2)14-13-7-8-5-6-9(22-8)15(18)19/h5-7H,3-4H2,1-2H3/b13-7+. The van der Waals surface area contributed by atoms with Crippen molar-refractivity contribution in [3.63, 3.8) is 0 Å². The van der Waals surface area contributed by atoms with E-state index in [2.05, 4.69) is 19.7 Å². The Labute approximate surface area is 124 Å². The Morgan fingerprint density at radius 1 is 1.27 bits per heavy atom. The summed E-state index contributed by atoms with van der Waals surface area (Å²) in [6.45, 7) is 3.22. The van der Waals surface area contributed by atoms with Gasteiger partial charge in [0.05, 0.1) is 25.5 Å². The fourth-order valence-electron chi connectivity index (χ4n) is 1.22. The van der Waals surface area contributed by atoms with Crippen LogP contribution in [0.3, 0.4) is 0 Å². The number of carbonyl (C=O) groups is 2. The molecule has 0 aliphatic rings. The molecule has 0 aromatic carbocycles. The van der Waals surface area contributed by atoms with Crippen LogP contribution in [0, 0.1) is 10.1 Å². The molecule has 0 aliphatic heterocycles. The van der Waals surface area contributed by atoms with Gasteiger partial charge in [-0.15, -0.1) is 5.10 Å². The zero-order chi connectivity index (χ0) is 16.5. The molecule has 0 spiro atoms. The average molecular weight is 311 g/mol. The van der Waals surface area contributed by atoms with Gasteiger partial charge in [0, 0.05) is 0 Å². The van der Waals surface area contributed by atoms with E-state index in [0.29, 0.717) is 0 Å². The first-order valence-electron chi connectivity index (χ1n) is 6.19. The third kappa shape index (κ3) is 4.81. The Kier molecular flexibility index (Phi) is 6.41. The maximum Gasteiger partial charge on any atom is 0.433 e. The minimum absolute atomic E-state index is 0.0301. The van der Waals surface area contributed by atoms with Crippen LogP contribution in [-0.2, 0) is 19.1 Å². The van der Waals surface area contributed by atoms with Crippen LogP contribution in [0.4, 0.5) is 5.88 Å². The molecule has 0 saturated heterocycles. The minimum atomic E-state index is -0.983. The van der Waals surface area contributed by atoms with Crippen molar-refractivity contribution in [2.75, 3.05) is 13.2 Å².